The topological polar surface area (TPSA) is 120 Å². The van der Waals surface area contributed by atoms with E-state index < -0.39 is 17.2 Å². The third kappa shape index (κ3) is 3.97. The number of nitrogens with one attached hydrogen (secondary N) is 1. The first kappa shape index (κ1) is 26.9. The van der Waals surface area contributed by atoms with E-state index >= 15 is 0 Å². The zero-order valence-electron chi connectivity index (χ0n) is 23.2. The molecule has 1 aromatic carbocycles. The van der Waals surface area contributed by atoms with E-state index in [9.17, 15) is 19.5 Å². The highest BCUT2D eigenvalue weighted by atomic mass is 35.5. The number of cyclic esters (lactones) is 1. The third-order valence-corrected chi connectivity index (χ3v) is 8.74. The number of aliphatic hydroxyl groups is 1. The third-order valence-electron chi connectivity index (χ3n) is 8.35. The molecule has 2 aliphatic heterocycles. The first-order valence-electron chi connectivity index (χ1n) is 13.6. The van der Waals surface area contributed by atoms with Gasteiger partial charge >= 0.3 is 5.97 Å². The van der Waals surface area contributed by atoms with E-state index in [0.717, 1.165) is 27.6 Å². The number of hydrogen-bond acceptors (Lipinski definition) is 7. The van der Waals surface area contributed by atoms with Crippen molar-refractivity contribution in [2.45, 2.75) is 84.3 Å². The van der Waals surface area contributed by atoms with Crippen molar-refractivity contribution in [1.82, 2.24) is 14.9 Å². The van der Waals surface area contributed by atoms with E-state index in [0.29, 0.717) is 34.8 Å². The zero-order valence-corrected chi connectivity index (χ0v) is 24.0. The average Bonchev–Trinajstić information content (AvgIpc) is 3.27. The van der Waals surface area contributed by atoms with Gasteiger partial charge in [-0.1, -0.05) is 18.5 Å². The Morgan fingerprint density at radius 1 is 1.27 bits per heavy atom. The number of hydrogen-bond donors (Lipinski definition) is 2. The van der Waals surface area contributed by atoms with Crippen molar-refractivity contribution in [2.75, 3.05) is 6.61 Å². The largest absolute Gasteiger partial charge is 0.458 e. The lowest BCUT2D eigenvalue weighted by Crippen LogP contribution is -2.44. The Labute approximate surface area is 236 Å². The molecule has 0 bridgehead atoms. The summed E-state index contributed by atoms with van der Waals surface area (Å²) in [5.41, 5.74) is 3.43. The summed E-state index contributed by atoms with van der Waals surface area (Å²) < 4.78 is 12.5. The monoisotopic (exact) mass is 565 g/mol. The van der Waals surface area contributed by atoms with Gasteiger partial charge in [0.1, 0.15) is 13.2 Å². The maximum Gasteiger partial charge on any atom is 0.343 e. The minimum absolute atomic E-state index is 0.0635. The summed E-state index contributed by atoms with van der Waals surface area (Å²) in [6.07, 6.45) is 1.43. The van der Waals surface area contributed by atoms with E-state index in [2.05, 4.69) is 5.32 Å². The number of ether oxygens (including phenoxy) is 2. The van der Waals surface area contributed by atoms with Gasteiger partial charge in [0.15, 0.2) is 5.60 Å². The van der Waals surface area contributed by atoms with Crippen LogP contribution in [0.4, 0.5) is 0 Å². The number of amides is 1. The molecule has 0 saturated heterocycles. The second-order valence-corrected chi connectivity index (χ2v) is 12.3. The first-order chi connectivity index (χ1) is 18.8. The molecule has 210 valence electrons. The predicted octanol–water partition coefficient (Wildman–Crippen LogP) is 3.96. The van der Waals surface area contributed by atoms with E-state index in [1.807, 2.05) is 33.8 Å². The second kappa shape index (κ2) is 9.12. The van der Waals surface area contributed by atoms with Crippen LogP contribution in [0.5, 0.6) is 0 Å². The van der Waals surface area contributed by atoms with Crippen LogP contribution in [0, 0.1) is 6.92 Å². The van der Waals surface area contributed by atoms with Crippen LogP contribution < -0.4 is 10.9 Å². The summed E-state index contributed by atoms with van der Waals surface area (Å²) in [5, 5.41) is 15.9. The highest BCUT2D eigenvalue weighted by molar-refractivity contribution is 6.32. The molecule has 2 N–H and O–H groups in total. The number of nitrogens with zero attached hydrogens (tertiary/aromatic N) is 2. The van der Waals surface area contributed by atoms with Crippen molar-refractivity contribution in [3.8, 4) is 11.4 Å². The highest BCUT2D eigenvalue weighted by Gasteiger charge is 2.46. The fraction of sp³-hybridized carbons (Fsp3) is 0.467. The fourth-order valence-corrected chi connectivity index (χ4v) is 6.43. The minimum Gasteiger partial charge on any atom is -0.458 e. The lowest BCUT2D eigenvalue weighted by Gasteiger charge is -2.31. The standard InChI is InChI=1S/C30H32ClN3O6/c1-6-30(38)18-9-22-26-16(11-34(22)27(36)17(18)12-39-28(30)37)25-20(32-23(35)13-40-29(3,4)5)8-7-15-14(2)19(31)10-21(33-26)24(15)25/h9-10,20,38H,6-8,11-13H2,1-5H3,(H,32,35)/t20?,30-/m0/s1. The van der Waals surface area contributed by atoms with Crippen LogP contribution in [0.1, 0.15) is 80.0 Å². The van der Waals surface area contributed by atoms with Gasteiger partial charge < -0.3 is 24.5 Å². The molecule has 2 aromatic heterocycles. The van der Waals surface area contributed by atoms with Crippen LogP contribution in [0.2, 0.25) is 5.02 Å². The number of carbonyl (C=O) groups excluding carboxylic acids is 2. The van der Waals surface area contributed by atoms with Crippen LogP contribution in [0.15, 0.2) is 16.9 Å². The number of benzene rings is 1. The maximum atomic E-state index is 13.7. The van der Waals surface area contributed by atoms with Crippen molar-refractivity contribution in [3.63, 3.8) is 0 Å². The van der Waals surface area contributed by atoms with Crippen LogP contribution in [-0.4, -0.2) is 38.7 Å². The van der Waals surface area contributed by atoms with Crippen LogP contribution >= 0.6 is 11.6 Å². The highest BCUT2D eigenvalue weighted by Crippen LogP contribution is 2.46. The summed E-state index contributed by atoms with van der Waals surface area (Å²) in [6, 6.07) is 3.20. The van der Waals surface area contributed by atoms with Gasteiger partial charge in [0.2, 0.25) is 5.91 Å². The second-order valence-electron chi connectivity index (χ2n) is 11.9. The molecule has 1 amide bonds. The van der Waals surface area contributed by atoms with Gasteiger partial charge in [-0.25, -0.2) is 9.78 Å². The molecule has 1 unspecified atom stereocenters. The maximum absolute atomic E-state index is 13.7. The van der Waals surface area contributed by atoms with Gasteiger partial charge in [-0.2, -0.15) is 0 Å². The molecule has 6 rings (SSSR count). The van der Waals surface area contributed by atoms with Gasteiger partial charge in [0, 0.05) is 21.5 Å². The predicted molar refractivity (Wildman–Crippen MR) is 149 cm³/mol. The van der Waals surface area contributed by atoms with Crippen molar-refractivity contribution < 1.29 is 24.2 Å². The molecule has 9 nitrogen and oxygen atoms in total. The van der Waals surface area contributed by atoms with Crippen molar-refractivity contribution in [3.05, 3.63) is 60.9 Å². The van der Waals surface area contributed by atoms with E-state index in [1.54, 1.807) is 17.6 Å². The molecule has 0 saturated carbocycles. The summed E-state index contributed by atoms with van der Waals surface area (Å²) in [7, 11) is 0. The molecule has 3 aliphatic rings. The molecule has 1 aliphatic carbocycles. The molecule has 10 heteroatoms. The Kier molecular flexibility index (Phi) is 6.14. The molecule has 40 heavy (non-hydrogen) atoms. The summed E-state index contributed by atoms with van der Waals surface area (Å²) >= 11 is 6.63. The van der Waals surface area contributed by atoms with Gasteiger partial charge in [-0.05, 0) is 75.8 Å². The smallest absolute Gasteiger partial charge is 0.343 e. The van der Waals surface area contributed by atoms with E-state index in [4.69, 9.17) is 26.1 Å². The van der Waals surface area contributed by atoms with Crippen LogP contribution in [0.3, 0.4) is 0 Å². The Morgan fingerprint density at radius 3 is 2.73 bits per heavy atom. The molecule has 0 spiro atoms. The van der Waals surface area contributed by atoms with Crippen molar-refractivity contribution in [1.29, 1.82) is 0 Å². The fourth-order valence-electron chi connectivity index (χ4n) is 6.22. The number of fused-ring (bicyclic) bond motifs is 5. The Hall–Kier alpha value is -3.27. The molecular weight excluding hydrogens is 534 g/mol. The number of carbonyl (C=O) groups is 2. The van der Waals surface area contributed by atoms with Crippen molar-refractivity contribution in [2.24, 2.45) is 0 Å². The number of rotatable bonds is 4. The summed E-state index contributed by atoms with van der Waals surface area (Å²) in [5.74, 6) is -0.988. The lowest BCUT2D eigenvalue weighted by molar-refractivity contribution is -0.172. The first-order valence-corrected chi connectivity index (χ1v) is 14.0. The number of halogens is 1. The van der Waals surface area contributed by atoms with Crippen molar-refractivity contribution >= 4 is 34.4 Å². The quantitative estimate of drug-likeness (QED) is 0.359. The van der Waals surface area contributed by atoms with Gasteiger partial charge in [0.25, 0.3) is 5.56 Å². The van der Waals surface area contributed by atoms with Crippen LogP contribution in [-0.2, 0) is 44.2 Å². The van der Waals surface area contributed by atoms with Crippen LogP contribution in [0.25, 0.3) is 22.3 Å². The average molecular weight is 566 g/mol. The SMILES string of the molecule is CC[C@@]1(O)C(=O)OCc2c1cc1n(c2=O)Cc2c-1nc1cc(Cl)c(C)c3c1c2C(NC(=O)COC(C)(C)C)CC3. The molecule has 3 aromatic rings. The Bertz CT molecular complexity index is 1690. The summed E-state index contributed by atoms with van der Waals surface area (Å²) in [4.78, 5) is 44.3. The Balaban J connectivity index is 1.55. The number of aryl methyl sites for hydroxylation is 1. The Morgan fingerprint density at radius 2 is 2.02 bits per heavy atom. The molecular formula is C30H32ClN3O6. The normalized spacial score (nSPS) is 21.1. The summed E-state index contributed by atoms with van der Waals surface area (Å²) in [6.45, 7) is 9.34. The van der Waals surface area contributed by atoms with Gasteiger partial charge in [0.05, 0.1) is 40.7 Å². The zero-order chi connectivity index (χ0) is 28.7. The minimum atomic E-state index is -1.91. The molecule has 2 atom stereocenters. The van der Waals surface area contributed by atoms with E-state index in [-0.39, 0.29) is 54.8 Å². The molecule has 4 heterocycles. The molecule has 0 radical (unpaired) electrons. The number of esters is 1. The lowest BCUT2D eigenvalue weighted by atomic mass is 9.81. The van der Waals surface area contributed by atoms with E-state index in [1.165, 1.54) is 0 Å². The van der Waals surface area contributed by atoms with Gasteiger partial charge in [-0.15, -0.1) is 0 Å². The van der Waals surface area contributed by atoms with Gasteiger partial charge in [-0.3, -0.25) is 9.59 Å². The molecule has 0 fully saturated rings. The number of aromatic nitrogens is 2. The number of pyridine rings is 2.